The van der Waals surface area contributed by atoms with Crippen LogP contribution in [0.3, 0.4) is 0 Å². The Bertz CT molecular complexity index is 893. The molecule has 0 saturated carbocycles. The molecule has 0 aliphatic carbocycles. The van der Waals surface area contributed by atoms with Gasteiger partial charge in [0.15, 0.2) is 0 Å². The summed E-state index contributed by atoms with van der Waals surface area (Å²) in [4.78, 5) is 21.0. The van der Waals surface area contributed by atoms with Gasteiger partial charge in [0.1, 0.15) is 11.4 Å². The second kappa shape index (κ2) is 8.80. The summed E-state index contributed by atoms with van der Waals surface area (Å²) in [6, 6.07) is 16.8. The van der Waals surface area contributed by atoms with Gasteiger partial charge >= 0.3 is 0 Å². The molecule has 138 valence electrons. The summed E-state index contributed by atoms with van der Waals surface area (Å²) >= 11 is 0. The van der Waals surface area contributed by atoms with E-state index in [-0.39, 0.29) is 5.91 Å². The molecule has 0 bridgehead atoms. The van der Waals surface area contributed by atoms with Gasteiger partial charge < -0.3 is 14.8 Å². The van der Waals surface area contributed by atoms with Crippen molar-refractivity contribution < 1.29 is 14.3 Å². The number of methoxy groups -OCH3 is 2. The Morgan fingerprint density at radius 3 is 2.48 bits per heavy atom. The molecule has 3 aromatic rings. The normalized spacial score (nSPS) is 10.3. The molecule has 2 heterocycles. The molecule has 0 saturated heterocycles. The molecule has 6 nitrogen and oxygen atoms in total. The van der Waals surface area contributed by atoms with Gasteiger partial charge in [0.2, 0.25) is 5.88 Å². The number of rotatable bonds is 7. The quantitative estimate of drug-likeness (QED) is 0.698. The van der Waals surface area contributed by atoms with E-state index in [0.29, 0.717) is 23.8 Å². The summed E-state index contributed by atoms with van der Waals surface area (Å²) in [5.74, 6) is 1.15. The van der Waals surface area contributed by atoms with Crippen molar-refractivity contribution >= 4 is 5.91 Å². The Morgan fingerprint density at radius 1 is 1.00 bits per heavy atom. The Hall–Kier alpha value is -3.41. The predicted octanol–water partition coefficient (Wildman–Crippen LogP) is 3.13. The van der Waals surface area contributed by atoms with Crippen molar-refractivity contribution in [1.82, 2.24) is 15.3 Å². The number of nitrogens with zero attached hydrogens (tertiary/aromatic N) is 2. The lowest BCUT2D eigenvalue weighted by atomic mass is 10.1. The lowest BCUT2D eigenvalue weighted by Gasteiger charge is -2.07. The van der Waals surface area contributed by atoms with E-state index in [4.69, 9.17) is 9.47 Å². The summed E-state index contributed by atoms with van der Waals surface area (Å²) in [5, 5.41) is 2.90. The van der Waals surface area contributed by atoms with Crippen LogP contribution in [0.25, 0.3) is 11.3 Å². The molecular weight excluding hydrogens is 342 g/mol. The molecule has 0 aliphatic heterocycles. The van der Waals surface area contributed by atoms with Crippen molar-refractivity contribution in [2.45, 2.75) is 6.42 Å². The number of amides is 1. The van der Waals surface area contributed by atoms with E-state index in [0.717, 1.165) is 23.3 Å². The molecule has 3 rings (SSSR count). The van der Waals surface area contributed by atoms with Gasteiger partial charge in [0, 0.05) is 24.4 Å². The number of aromatic nitrogens is 2. The summed E-state index contributed by atoms with van der Waals surface area (Å²) in [6.07, 6.45) is 2.41. The maximum atomic E-state index is 12.4. The minimum atomic E-state index is -0.202. The molecule has 0 fully saturated rings. The summed E-state index contributed by atoms with van der Waals surface area (Å²) < 4.78 is 10.2. The maximum absolute atomic E-state index is 12.4. The highest BCUT2D eigenvalue weighted by Gasteiger charge is 2.09. The summed E-state index contributed by atoms with van der Waals surface area (Å²) in [7, 11) is 3.20. The van der Waals surface area contributed by atoms with Crippen molar-refractivity contribution in [3.8, 4) is 22.9 Å². The number of hydrogen-bond acceptors (Lipinski definition) is 5. The largest absolute Gasteiger partial charge is 0.497 e. The van der Waals surface area contributed by atoms with E-state index >= 15 is 0 Å². The van der Waals surface area contributed by atoms with Crippen LogP contribution in [-0.4, -0.2) is 36.6 Å². The molecule has 27 heavy (non-hydrogen) atoms. The third-order valence-corrected chi connectivity index (χ3v) is 4.08. The fourth-order valence-corrected chi connectivity index (χ4v) is 2.58. The van der Waals surface area contributed by atoms with Crippen LogP contribution in [0.2, 0.25) is 0 Å². The van der Waals surface area contributed by atoms with Gasteiger partial charge in [0.25, 0.3) is 5.91 Å². The number of benzene rings is 1. The SMILES string of the molecule is COc1ccc(CCNC(=O)c2cccc(-c3ccc(OC)nc3)n2)cc1. The lowest BCUT2D eigenvalue weighted by molar-refractivity contribution is 0.0949. The third kappa shape index (κ3) is 4.82. The van der Waals surface area contributed by atoms with Crippen LogP contribution < -0.4 is 14.8 Å². The minimum Gasteiger partial charge on any atom is -0.497 e. The number of carbonyl (C=O) groups excluding carboxylic acids is 1. The summed E-state index contributed by atoms with van der Waals surface area (Å²) in [5.41, 5.74) is 3.01. The van der Waals surface area contributed by atoms with Crippen molar-refractivity contribution in [3.63, 3.8) is 0 Å². The maximum Gasteiger partial charge on any atom is 0.269 e. The van der Waals surface area contributed by atoms with Crippen LogP contribution in [0.4, 0.5) is 0 Å². The molecular formula is C21H21N3O3. The first-order chi connectivity index (χ1) is 13.2. The van der Waals surface area contributed by atoms with Gasteiger partial charge in [-0.3, -0.25) is 4.79 Å². The van der Waals surface area contributed by atoms with Gasteiger partial charge in [0.05, 0.1) is 19.9 Å². The smallest absolute Gasteiger partial charge is 0.269 e. The van der Waals surface area contributed by atoms with E-state index < -0.39 is 0 Å². The molecule has 1 N–H and O–H groups in total. The predicted molar refractivity (Wildman–Crippen MR) is 103 cm³/mol. The third-order valence-electron chi connectivity index (χ3n) is 4.08. The van der Waals surface area contributed by atoms with Crippen LogP contribution >= 0.6 is 0 Å². The number of ether oxygens (including phenoxy) is 2. The number of hydrogen-bond donors (Lipinski definition) is 1. The molecule has 0 aliphatic rings. The Balaban J connectivity index is 1.60. The first kappa shape index (κ1) is 18.4. The zero-order chi connectivity index (χ0) is 19.1. The van der Waals surface area contributed by atoms with Crippen molar-refractivity contribution in [1.29, 1.82) is 0 Å². The van der Waals surface area contributed by atoms with E-state index in [1.165, 1.54) is 0 Å². The van der Waals surface area contributed by atoms with E-state index in [2.05, 4.69) is 15.3 Å². The molecule has 1 aromatic carbocycles. The van der Waals surface area contributed by atoms with Crippen LogP contribution in [0.1, 0.15) is 16.1 Å². The molecule has 0 unspecified atom stereocenters. The first-order valence-electron chi connectivity index (χ1n) is 8.58. The zero-order valence-electron chi connectivity index (χ0n) is 15.3. The van der Waals surface area contributed by atoms with Crippen LogP contribution in [0.15, 0.2) is 60.8 Å². The molecule has 0 radical (unpaired) electrons. The highest BCUT2D eigenvalue weighted by atomic mass is 16.5. The molecule has 0 spiro atoms. The number of nitrogens with one attached hydrogen (secondary N) is 1. The Kier molecular flexibility index (Phi) is 5.99. The Morgan fingerprint density at radius 2 is 1.81 bits per heavy atom. The average Bonchev–Trinajstić information content (AvgIpc) is 2.74. The topological polar surface area (TPSA) is 73.3 Å². The highest BCUT2D eigenvalue weighted by Crippen LogP contribution is 2.18. The monoisotopic (exact) mass is 363 g/mol. The first-order valence-corrected chi connectivity index (χ1v) is 8.58. The van der Waals surface area contributed by atoms with Gasteiger partial charge in [-0.25, -0.2) is 9.97 Å². The van der Waals surface area contributed by atoms with Crippen molar-refractivity contribution in [3.05, 3.63) is 72.1 Å². The van der Waals surface area contributed by atoms with Gasteiger partial charge in [-0.15, -0.1) is 0 Å². The highest BCUT2D eigenvalue weighted by molar-refractivity contribution is 5.92. The van der Waals surface area contributed by atoms with E-state index in [1.807, 2.05) is 42.5 Å². The minimum absolute atomic E-state index is 0.202. The zero-order valence-corrected chi connectivity index (χ0v) is 15.3. The average molecular weight is 363 g/mol. The van der Waals surface area contributed by atoms with Gasteiger partial charge in [-0.05, 0) is 42.3 Å². The van der Waals surface area contributed by atoms with Crippen LogP contribution in [-0.2, 0) is 6.42 Å². The summed E-state index contributed by atoms with van der Waals surface area (Å²) in [6.45, 7) is 0.529. The standard InChI is InChI=1S/C21H21N3O3/c1-26-17-9-6-15(7-10-17)12-13-22-21(25)19-5-3-4-18(24-19)16-8-11-20(27-2)23-14-16/h3-11,14H,12-13H2,1-2H3,(H,22,25). The number of carbonyl (C=O) groups is 1. The van der Waals surface area contributed by atoms with Crippen LogP contribution in [0.5, 0.6) is 11.6 Å². The lowest BCUT2D eigenvalue weighted by Crippen LogP contribution is -2.26. The molecule has 2 aromatic heterocycles. The van der Waals surface area contributed by atoms with Gasteiger partial charge in [-0.2, -0.15) is 0 Å². The number of pyridine rings is 2. The fraction of sp³-hybridized carbons (Fsp3) is 0.190. The van der Waals surface area contributed by atoms with E-state index in [1.54, 1.807) is 32.5 Å². The van der Waals surface area contributed by atoms with Crippen LogP contribution in [0, 0.1) is 0 Å². The second-order valence-electron chi connectivity index (χ2n) is 5.85. The molecule has 1 amide bonds. The Labute approximate surface area is 158 Å². The van der Waals surface area contributed by atoms with Crippen molar-refractivity contribution in [2.24, 2.45) is 0 Å². The van der Waals surface area contributed by atoms with Gasteiger partial charge in [-0.1, -0.05) is 18.2 Å². The molecule has 6 heteroatoms. The fourth-order valence-electron chi connectivity index (χ4n) is 2.58. The van der Waals surface area contributed by atoms with Crippen molar-refractivity contribution in [2.75, 3.05) is 20.8 Å². The molecule has 0 atom stereocenters. The van der Waals surface area contributed by atoms with E-state index in [9.17, 15) is 4.79 Å². The second-order valence-corrected chi connectivity index (χ2v) is 5.85.